The summed E-state index contributed by atoms with van der Waals surface area (Å²) in [5.41, 5.74) is -0.201. The van der Waals surface area contributed by atoms with Gasteiger partial charge in [0, 0.05) is 19.2 Å². The van der Waals surface area contributed by atoms with Crippen LogP contribution in [0.3, 0.4) is 0 Å². The summed E-state index contributed by atoms with van der Waals surface area (Å²) >= 11 is 1.31. The number of rotatable bonds is 6. The van der Waals surface area contributed by atoms with Gasteiger partial charge in [-0.15, -0.1) is 0 Å². The Balaban J connectivity index is 1.71. The fourth-order valence-corrected chi connectivity index (χ4v) is 4.61. The number of urea groups is 1. The van der Waals surface area contributed by atoms with E-state index in [0.717, 1.165) is 12.1 Å². The molecule has 2 saturated heterocycles. The second kappa shape index (κ2) is 10.8. The molecule has 0 saturated carbocycles. The van der Waals surface area contributed by atoms with Gasteiger partial charge >= 0.3 is 12.0 Å². The Bertz CT molecular complexity index is 934. The van der Waals surface area contributed by atoms with Crippen LogP contribution in [0, 0.1) is 11.6 Å². The molecule has 0 aliphatic carbocycles. The first kappa shape index (κ1) is 24.7. The molecular formula is C21H26F2N4O5S. The zero-order valence-corrected chi connectivity index (χ0v) is 19.1. The highest BCUT2D eigenvalue weighted by molar-refractivity contribution is 7.99. The average Bonchev–Trinajstić information content (AvgIpc) is 3.42. The van der Waals surface area contributed by atoms with Gasteiger partial charge in [-0.05, 0) is 37.7 Å². The monoisotopic (exact) mass is 484 g/mol. The third kappa shape index (κ3) is 5.73. The van der Waals surface area contributed by atoms with Crippen molar-refractivity contribution < 1.29 is 32.7 Å². The smallest absolute Gasteiger partial charge is 0.328 e. The van der Waals surface area contributed by atoms with E-state index in [0.29, 0.717) is 25.5 Å². The van der Waals surface area contributed by atoms with Gasteiger partial charge in [0.2, 0.25) is 11.8 Å². The Morgan fingerprint density at radius 2 is 1.94 bits per heavy atom. The average molecular weight is 485 g/mol. The lowest BCUT2D eigenvalue weighted by Gasteiger charge is -2.30. The molecule has 3 rings (SSSR count). The highest BCUT2D eigenvalue weighted by Crippen LogP contribution is 2.26. The minimum Gasteiger partial charge on any atom is -0.467 e. The van der Waals surface area contributed by atoms with Gasteiger partial charge in [0.05, 0.1) is 24.6 Å². The third-order valence-electron chi connectivity index (χ3n) is 5.70. The van der Waals surface area contributed by atoms with Gasteiger partial charge in [-0.25, -0.2) is 18.4 Å². The van der Waals surface area contributed by atoms with E-state index < -0.39 is 41.8 Å². The van der Waals surface area contributed by atoms with E-state index in [1.54, 1.807) is 6.26 Å². The van der Waals surface area contributed by atoms with E-state index in [9.17, 15) is 28.0 Å². The Kier molecular flexibility index (Phi) is 8.11. The van der Waals surface area contributed by atoms with Crippen LogP contribution in [0.15, 0.2) is 18.2 Å². The molecule has 3 atom stereocenters. The van der Waals surface area contributed by atoms with Crippen molar-refractivity contribution in [3.05, 3.63) is 29.8 Å². The SMILES string of the molecule is COC(=O)[C@@H]1CCCN1C(=O)[C@H]1C[C@H](NC(=O)Nc2ccc(F)cc2F)CN1C(=O)CSC. The summed E-state index contributed by atoms with van der Waals surface area (Å²) in [4.78, 5) is 53.3. The van der Waals surface area contributed by atoms with Crippen LogP contribution in [0.25, 0.3) is 0 Å². The zero-order chi connectivity index (χ0) is 24.1. The first-order valence-electron chi connectivity index (χ1n) is 10.4. The van der Waals surface area contributed by atoms with Crippen LogP contribution in [0.2, 0.25) is 0 Å². The summed E-state index contributed by atoms with van der Waals surface area (Å²) in [5, 5.41) is 4.95. The molecule has 180 valence electrons. The summed E-state index contributed by atoms with van der Waals surface area (Å²) in [6.07, 6.45) is 3.03. The molecule has 1 aromatic rings. The van der Waals surface area contributed by atoms with E-state index in [4.69, 9.17) is 4.74 Å². The Labute approximate surface area is 194 Å². The van der Waals surface area contributed by atoms with Crippen molar-refractivity contribution in [2.75, 3.05) is 37.5 Å². The molecule has 9 nitrogen and oxygen atoms in total. The summed E-state index contributed by atoms with van der Waals surface area (Å²) in [6, 6.07) is -0.105. The Morgan fingerprint density at radius 1 is 1.18 bits per heavy atom. The molecule has 0 radical (unpaired) electrons. The predicted octanol–water partition coefficient (Wildman–Crippen LogP) is 1.58. The number of hydrogen-bond acceptors (Lipinski definition) is 6. The summed E-state index contributed by atoms with van der Waals surface area (Å²) in [7, 11) is 1.26. The predicted molar refractivity (Wildman–Crippen MR) is 118 cm³/mol. The molecule has 0 spiro atoms. The normalized spacial score (nSPS) is 22.2. The van der Waals surface area contributed by atoms with Crippen molar-refractivity contribution >= 4 is 41.3 Å². The number of amides is 4. The maximum absolute atomic E-state index is 13.8. The molecule has 2 aliphatic rings. The quantitative estimate of drug-likeness (QED) is 0.594. The van der Waals surface area contributed by atoms with Gasteiger partial charge in [-0.1, -0.05) is 0 Å². The lowest BCUT2D eigenvalue weighted by molar-refractivity contribution is -0.153. The standard InChI is InChI=1S/C21H26F2N4O5S/c1-32-20(30)16-4-3-7-26(16)19(29)17-9-13(10-27(17)18(28)11-33-2)24-21(31)25-15-6-5-12(22)8-14(15)23/h5-6,8,13,16-17H,3-4,7,9-11H2,1-2H3,(H2,24,25,31)/t13-,16-,17+/m0/s1. The topological polar surface area (TPSA) is 108 Å². The van der Waals surface area contributed by atoms with Gasteiger partial charge in [0.15, 0.2) is 0 Å². The minimum absolute atomic E-state index is 0.0891. The first-order chi connectivity index (χ1) is 15.7. The van der Waals surface area contributed by atoms with Crippen molar-refractivity contribution in [2.24, 2.45) is 0 Å². The number of likely N-dealkylation sites (tertiary alicyclic amines) is 2. The lowest BCUT2D eigenvalue weighted by Crippen LogP contribution is -2.51. The molecule has 4 amide bonds. The second-order valence-electron chi connectivity index (χ2n) is 7.86. The number of carbonyl (C=O) groups is 4. The van der Waals surface area contributed by atoms with Crippen molar-refractivity contribution in [1.82, 2.24) is 15.1 Å². The van der Waals surface area contributed by atoms with Crippen LogP contribution < -0.4 is 10.6 Å². The molecule has 1 aromatic carbocycles. The van der Waals surface area contributed by atoms with Crippen LogP contribution in [-0.2, 0) is 19.1 Å². The first-order valence-corrected chi connectivity index (χ1v) is 11.8. The van der Waals surface area contributed by atoms with E-state index in [1.807, 2.05) is 0 Å². The summed E-state index contributed by atoms with van der Waals surface area (Å²) < 4.78 is 31.7. The zero-order valence-electron chi connectivity index (χ0n) is 18.3. The van der Waals surface area contributed by atoms with E-state index in [1.165, 1.54) is 28.7 Å². The second-order valence-corrected chi connectivity index (χ2v) is 8.73. The van der Waals surface area contributed by atoms with Gasteiger partial charge in [-0.3, -0.25) is 9.59 Å². The number of methoxy groups -OCH3 is 1. The number of esters is 1. The van der Waals surface area contributed by atoms with Crippen molar-refractivity contribution in [2.45, 2.75) is 37.4 Å². The van der Waals surface area contributed by atoms with E-state index >= 15 is 0 Å². The number of benzene rings is 1. The minimum atomic E-state index is -0.927. The number of thioether (sulfide) groups is 1. The highest BCUT2D eigenvalue weighted by Gasteiger charge is 2.45. The summed E-state index contributed by atoms with van der Waals surface area (Å²) in [5.74, 6) is -2.67. The van der Waals surface area contributed by atoms with Crippen LogP contribution in [0.4, 0.5) is 19.3 Å². The lowest BCUT2D eigenvalue weighted by atomic mass is 10.1. The molecule has 0 unspecified atom stereocenters. The maximum Gasteiger partial charge on any atom is 0.328 e. The van der Waals surface area contributed by atoms with Gasteiger partial charge in [0.1, 0.15) is 23.7 Å². The summed E-state index contributed by atoms with van der Waals surface area (Å²) in [6.45, 7) is 0.466. The molecular weight excluding hydrogens is 458 g/mol. The molecule has 0 aromatic heterocycles. The van der Waals surface area contributed by atoms with E-state index in [-0.39, 0.29) is 36.2 Å². The van der Waals surface area contributed by atoms with Crippen molar-refractivity contribution in [1.29, 1.82) is 0 Å². The fourth-order valence-electron chi connectivity index (χ4n) is 4.19. The Morgan fingerprint density at radius 3 is 2.61 bits per heavy atom. The van der Waals surface area contributed by atoms with Crippen LogP contribution in [0.1, 0.15) is 19.3 Å². The van der Waals surface area contributed by atoms with Gasteiger partial charge < -0.3 is 25.2 Å². The van der Waals surface area contributed by atoms with Crippen LogP contribution in [0.5, 0.6) is 0 Å². The molecule has 2 heterocycles. The number of anilines is 1. The number of halogens is 2. The number of ether oxygens (including phenoxy) is 1. The molecule has 2 aliphatic heterocycles. The number of carbonyl (C=O) groups excluding carboxylic acids is 4. The number of hydrogen-bond donors (Lipinski definition) is 2. The van der Waals surface area contributed by atoms with Gasteiger partial charge in [-0.2, -0.15) is 11.8 Å². The molecule has 33 heavy (non-hydrogen) atoms. The molecule has 2 N–H and O–H groups in total. The molecule has 12 heteroatoms. The highest BCUT2D eigenvalue weighted by atomic mass is 32.2. The van der Waals surface area contributed by atoms with Crippen LogP contribution >= 0.6 is 11.8 Å². The molecule has 2 fully saturated rings. The largest absolute Gasteiger partial charge is 0.467 e. The fraction of sp³-hybridized carbons (Fsp3) is 0.524. The number of nitrogens with one attached hydrogen (secondary N) is 2. The van der Waals surface area contributed by atoms with Crippen LogP contribution in [-0.4, -0.2) is 83.9 Å². The van der Waals surface area contributed by atoms with Crippen molar-refractivity contribution in [3.8, 4) is 0 Å². The van der Waals surface area contributed by atoms with Gasteiger partial charge in [0.25, 0.3) is 0 Å². The Hall–Kier alpha value is -2.89. The molecule has 0 bridgehead atoms. The number of nitrogens with zero attached hydrogens (tertiary/aromatic N) is 2. The third-order valence-corrected chi connectivity index (χ3v) is 6.23. The maximum atomic E-state index is 13.8. The van der Waals surface area contributed by atoms with Crippen molar-refractivity contribution in [3.63, 3.8) is 0 Å². The van der Waals surface area contributed by atoms with E-state index in [2.05, 4.69) is 10.6 Å².